The summed E-state index contributed by atoms with van der Waals surface area (Å²) in [5, 5.41) is 0. The van der Waals surface area contributed by atoms with E-state index in [4.69, 9.17) is 10.6 Å². The molecular weight excluding hydrogens is 142 g/mol. The molecule has 0 radical (unpaired) electrons. The highest BCUT2D eigenvalue weighted by Crippen LogP contribution is 2.19. The van der Waals surface area contributed by atoms with Crippen LogP contribution in [0.1, 0.15) is 5.69 Å². The van der Waals surface area contributed by atoms with Crippen molar-refractivity contribution >= 4 is 6.08 Å². The Hall–Kier alpha value is -1.71. The monoisotopic (exact) mass is 149 g/mol. The Kier molecular flexibility index (Phi) is 1.18. The van der Waals surface area contributed by atoms with Gasteiger partial charge in [0.15, 0.2) is 5.75 Å². The zero-order valence-electron chi connectivity index (χ0n) is 5.74. The van der Waals surface area contributed by atoms with Crippen LogP contribution in [0.5, 0.6) is 5.75 Å². The number of rotatable bonds is 0. The summed E-state index contributed by atoms with van der Waals surface area (Å²) in [5.74, 6) is 1.16. The average molecular weight is 149 g/mol. The van der Waals surface area contributed by atoms with Crippen molar-refractivity contribution in [1.29, 1.82) is 0 Å². The maximum Gasteiger partial charge on any atom is 0.180 e. The minimum Gasteiger partial charge on any atom is -0.383 e. The largest absolute Gasteiger partial charge is 0.383 e. The summed E-state index contributed by atoms with van der Waals surface area (Å²) in [5.41, 5.74) is 8.73. The third-order valence-corrected chi connectivity index (χ3v) is 1.37. The van der Waals surface area contributed by atoms with Gasteiger partial charge in [0.1, 0.15) is 11.5 Å². The highest BCUT2D eigenvalue weighted by molar-refractivity contribution is 5.56. The van der Waals surface area contributed by atoms with E-state index >= 15 is 0 Å². The van der Waals surface area contributed by atoms with Crippen LogP contribution in [-0.4, -0.2) is 4.98 Å². The van der Waals surface area contributed by atoms with Crippen molar-refractivity contribution in [3.63, 3.8) is 0 Å². The fourth-order valence-corrected chi connectivity index (χ4v) is 0.888. The Morgan fingerprint density at radius 3 is 3.36 bits per heavy atom. The first kappa shape index (κ1) is 6.03. The van der Waals surface area contributed by atoms with Crippen LogP contribution in [0, 0.1) is 0 Å². The van der Waals surface area contributed by atoms with Crippen LogP contribution in [0.25, 0.3) is 6.08 Å². The van der Waals surface area contributed by atoms with Crippen LogP contribution in [0.3, 0.4) is 0 Å². The predicted octanol–water partition coefficient (Wildman–Crippen LogP) is 0.236. The van der Waals surface area contributed by atoms with Crippen molar-refractivity contribution in [2.45, 2.75) is 0 Å². The first-order valence-corrected chi connectivity index (χ1v) is 3.21. The molecule has 0 atom stereocenters. The van der Waals surface area contributed by atoms with E-state index in [-0.39, 0.29) is 0 Å². The van der Waals surface area contributed by atoms with E-state index in [0.29, 0.717) is 11.6 Å². The van der Waals surface area contributed by atoms with Crippen LogP contribution < -0.4 is 16.1 Å². The topological polar surface area (TPSA) is 60.2 Å². The molecule has 0 amide bonds. The number of hydrogen-bond acceptors (Lipinski definition) is 4. The van der Waals surface area contributed by atoms with Gasteiger partial charge in [0, 0.05) is 12.3 Å². The van der Waals surface area contributed by atoms with Gasteiger partial charge in [0.25, 0.3) is 0 Å². The molecule has 0 saturated carbocycles. The highest BCUT2D eigenvalue weighted by atomic mass is 16.6. The molecule has 0 spiro atoms. The molecule has 0 fully saturated rings. The summed E-state index contributed by atoms with van der Waals surface area (Å²) in [7, 11) is 0. The van der Waals surface area contributed by atoms with Crippen LogP contribution in [0.15, 0.2) is 24.2 Å². The van der Waals surface area contributed by atoms with E-state index in [0.717, 1.165) is 5.69 Å². The molecule has 0 aliphatic carbocycles. The number of nitrogens with two attached hydrogens (primary N) is 1. The Labute approximate surface area is 63.6 Å². The van der Waals surface area contributed by atoms with Gasteiger partial charge >= 0.3 is 0 Å². The molecule has 56 valence electrons. The number of hydrogen-bond donors (Lipinski definition) is 2. The van der Waals surface area contributed by atoms with Gasteiger partial charge in [0.05, 0.1) is 0 Å². The lowest BCUT2D eigenvalue weighted by Crippen LogP contribution is -2.26. The predicted molar refractivity (Wildman–Crippen MR) is 40.2 cm³/mol. The lowest BCUT2D eigenvalue weighted by molar-refractivity contribution is 0.222. The number of nitrogens with one attached hydrogen (secondary N) is 1. The lowest BCUT2D eigenvalue weighted by atomic mass is 10.3. The molecule has 0 bridgehead atoms. The zero-order chi connectivity index (χ0) is 7.68. The standard InChI is InChI=1S/C7H7N3O/c8-7-4-5-6(11-10-7)2-1-3-9-5/h1-4,10H,8H2. The van der Waals surface area contributed by atoms with Crippen molar-refractivity contribution in [3.05, 3.63) is 29.8 Å². The summed E-state index contributed by atoms with van der Waals surface area (Å²) in [6.07, 6.45) is 3.41. The molecule has 0 unspecified atom stereocenters. The molecule has 3 N–H and O–H groups in total. The second kappa shape index (κ2) is 2.16. The minimum absolute atomic E-state index is 0.469. The van der Waals surface area contributed by atoms with Crippen LogP contribution >= 0.6 is 0 Å². The maximum atomic E-state index is 5.43. The maximum absolute atomic E-state index is 5.43. The molecule has 0 saturated heterocycles. The summed E-state index contributed by atoms with van der Waals surface area (Å²) in [6.45, 7) is 0. The molecule has 1 aliphatic rings. The van der Waals surface area contributed by atoms with E-state index in [2.05, 4.69) is 10.5 Å². The fraction of sp³-hybridized carbons (Fsp3) is 0. The van der Waals surface area contributed by atoms with Crippen molar-refractivity contribution in [1.82, 2.24) is 10.5 Å². The van der Waals surface area contributed by atoms with E-state index in [1.54, 1.807) is 18.3 Å². The summed E-state index contributed by atoms with van der Waals surface area (Å²) in [6, 6.07) is 3.62. The van der Waals surface area contributed by atoms with Gasteiger partial charge in [-0.3, -0.25) is 4.98 Å². The van der Waals surface area contributed by atoms with E-state index in [1.807, 2.05) is 6.07 Å². The quantitative estimate of drug-likeness (QED) is 0.554. The number of aromatic nitrogens is 1. The van der Waals surface area contributed by atoms with Gasteiger partial charge in [0.2, 0.25) is 0 Å². The molecule has 4 heteroatoms. The van der Waals surface area contributed by atoms with E-state index < -0.39 is 0 Å². The Balaban J connectivity index is 2.51. The van der Waals surface area contributed by atoms with Gasteiger partial charge in [-0.25, -0.2) is 5.48 Å². The zero-order valence-corrected chi connectivity index (χ0v) is 5.74. The van der Waals surface area contributed by atoms with E-state index in [9.17, 15) is 0 Å². The molecule has 1 aliphatic heterocycles. The molecule has 2 heterocycles. The Bertz CT molecular complexity index is 308. The summed E-state index contributed by atoms with van der Waals surface area (Å²) >= 11 is 0. The third-order valence-electron chi connectivity index (χ3n) is 1.37. The van der Waals surface area contributed by atoms with Crippen LogP contribution in [0.4, 0.5) is 0 Å². The smallest absolute Gasteiger partial charge is 0.180 e. The third kappa shape index (κ3) is 0.980. The first-order valence-electron chi connectivity index (χ1n) is 3.21. The minimum atomic E-state index is 0.469. The fourth-order valence-electron chi connectivity index (χ4n) is 0.888. The van der Waals surface area contributed by atoms with Gasteiger partial charge in [-0.1, -0.05) is 0 Å². The van der Waals surface area contributed by atoms with Crippen molar-refractivity contribution in [2.24, 2.45) is 5.73 Å². The second-order valence-corrected chi connectivity index (χ2v) is 2.19. The molecule has 11 heavy (non-hydrogen) atoms. The Morgan fingerprint density at radius 2 is 2.45 bits per heavy atom. The van der Waals surface area contributed by atoms with Gasteiger partial charge in [-0.2, -0.15) is 0 Å². The van der Waals surface area contributed by atoms with Crippen LogP contribution in [-0.2, 0) is 0 Å². The van der Waals surface area contributed by atoms with Gasteiger partial charge in [-0.05, 0) is 12.1 Å². The highest BCUT2D eigenvalue weighted by Gasteiger charge is 2.07. The SMILES string of the molecule is NC1=Cc2ncccc2ON1. The molecule has 2 rings (SSSR count). The normalized spacial score (nSPS) is 14.0. The number of hydroxylamine groups is 1. The number of fused-ring (bicyclic) bond motifs is 1. The molecule has 0 aromatic carbocycles. The van der Waals surface area contributed by atoms with E-state index in [1.165, 1.54) is 0 Å². The molecule has 1 aromatic heterocycles. The summed E-state index contributed by atoms with van der Waals surface area (Å²) in [4.78, 5) is 9.08. The molecule has 1 aromatic rings. The number of pyridine rings is 1. The van der Waals surface area contributed by atoms with Crippen molar-refractivity contribution in [3.8, 4) is 5.75 Å². The van der Waals surface area contributed by atoms with Crippen LogP contribution in [0.2, 0.25) is 0 Å². The second-order valence-electron chi connectivity index (χ2n) is 2.19. The van der Waals surface area contributed by atoms with Crippen molar-refractivity contribution < 1.29 is 4.84 Å². The number of nitrogens with zero attached hydrogens (tertiary/aromatic N) is 1. The molecular formula is C7H7N3O. The lowest BCUT2D eigenvalue weighted by Gasteiger charge is -2.14. The summed E-state index contributed by atoms with van der Waals surface area (Å²) < 4.78 is 0. The van der Waals surface area contributed by atoms with Gasteiger partial charge in [-0.15, -0.1) is 0 Å². The average Bonchev–Trinajstić information content (AvgIpc) is 2.04. The van der Waals surface area contributed by atoms with Crippen molar-refractivity contribution in [2.75, 3.05) is 0 Å². The Morgan fingerprint density at radius 1 is 1.55 bits per heavy atom. The first-order chi connectivity index (χ1) is 5.36. The van der Waals surface area contributed by atoms with Gasteiger partial charge < -0.3 is 10.6 Å². The molecule has 4 nitrogen and oxygen atoms in total.